The summed E-state index contributed by atoms with van der Waals surface area (Å²) in [5.74, 6) is 1.83. The van der Waals surface area contributed by atoms with Crippen LogP contribution >= 0.6 is 0 Å². The molecule has 362 valence electrons. The van der Waals surface area contributed by atoms with Gasteiger partial charge in [-0.25, -0.2) is 4.98 Å². The van der Waals surface area contributed by atoms with Crippen LogP contribution in [0.25, 0.3) is 61.0 Å². The van der Waals surface area contributed by atoms with Gasteiger partial charge in [-0.1, -0.05) is 183 Å². The zero-order valence-electron chi connectivity index (χ0n) is 46.2. The molecule has 0 radical (unpaired) electrons. The number of pyridine rings is 1. The first kappa shape index (κ1) is 43.6. The Morgan fingerprint density at radius 1 is 0.500 bits per heavy atom. The van der Waals surface area contributed by atoms with Crippen molar-refractivity contribution < 1.29 is 31.3 Å². The van der Waals surface area contributed by atoms with Crippen molar-refractivity contribution in [2.45, 2.75) is 78.6 Å². The van der Waals surface area contributed by atoms with E-state index in [0.29, 0.717) is 22.6 Å². The van der Waals surface area contributed by atoms with Crippen molar-refractivity contribution in [1.82, 2.24) is 9.55 Å². The van der Waals surface area contributed by atoms with E-state index in [2.05, 4.69) is 174 Å². The molecule has 0 atom stereocenters. The van der Waals surface area contributed by atoms with Crippen molar-refractivity contribution in [2.24, 2.45) is 0 Å². The van der Waals surface area contributed by atoms with Gasteiger partial charge >= 0.3 is 0 Å². The molecule has 0 spiro atoms. The second-order valence-electron chi connectivity index (χ2n) is 21.6. The average Bonchev–Trinajstić information content (AvgIpc) is 4.04. The second-order valence-corrected chi connectivity index (χ2v) is 21.6. The Balaban J connectivity index is 0.00000657. The van der Waals surface area contributed by atoms with Crippen LogP contribution in [0.5, 0.6) is 11.5 Å². The Kier molecular flexibility index (Phi) is 11.4. The van der Waals surface area contributed by atoms with Crippen molar-refractivity contribution in [2.75, 3.05) is 9.80 Å². The van der Waals surface area contributed by atoms with Crippen molar-refractivity contribution >= 4 is 44.6 Å². The Labute approximate surface area is 445 Å². The first-order valence-electron chi connectivity index (χ1n) is 26.4. The Bertz CT molecular complexity index is 3820. The summed E-state index contributed by atoms with van der Waals surface area (Å²) in [6, 6.07) is 59.6. The van der Waals surface area contributed by atoms with Crippen molar-refractivity contribution in [1.29, 1.82) is 0 Å². The van der Waals surface area contributed by atoms with E-state index in [1.54, 1.807) is 0 Å². The van der Waals surface area contributed by atoms with Crippen LogP contribution in [-0.2, 0) is 37.3 Å². The minimum Gasteiger partial charge on any atom is -0.509 e. The number of anilines is 4. The third kappa shape index (κ3) is 9.16. The first-order chi connectivity index (χ1) is 35.8. The minimum atomic E-state index is -0.354. The van der Waals surface area contributed by atoms with E-state index in [9.17, 15) is 5.48 Å². The number of hydrogen-bond acceptors (Lipinski definition) is 4. The van der Waals surface area contributed by atoms with Crippen molar-refractivity contribution in [3.8, 4) is 50.7 Å². The largest absolute Gasteiger partial charge is 0.509 e. The van der Waals surface area contributed by atoms with E-state index in [1.807, 2.05) is 85.7 Å². The third-order valence-electron chi connectivity index (χ3n) is 13.5. The van der Waals surface area contributed by atoms with Crippen LogP contribution in [0.15, 0.2) is 188 Å². The SMILES string of the molecule is [2H]c1c([2H])c(-c2cc(C(C)(C)C)cc(-c3cccc(C(C)(C)C)c3)c2N2[CH-]N(c3[c-]c(Oc4[c-]c5c(cc4)c4ccccc4n5-c4ccc(C(C)(C)C)cn4)ccc3)c3ccccc32)c([2H])c([2H])c1-c1ccccc1.[Pt]. The summed E-state index contributed by atoms with van der Waals surface area (Å²) in [6.07, 6.45) is 1.96. The first-order valence-corrected chi connectivity index (χ1v) is 24.4. The number of rotatable bonds is 8. The van der Waals surface area contributed by atoms with E-state index in [1.165, 1.54) is 0 Å². The van der Waals surface area contributed by atoms with Gasteiger partial charge in [0.15, 0.2) is 0 Å². The van der Waals surface area contributed by atoms with Gasteiger partial charge in [-0.05, 0) is 97.0 Å². The third-order valence-corrected chi connectivity index (χ3v) is 13.5. The summed E-state index contributed by atoms with van der Waals surface area (Å²) in [6.45, 7) is 21.7. The molecule has 0 unspecified atom stereocenters. The molecule has 1 aliphatic heterocycles. The molecule has 0 N–H and O–H groups in total. The molecule has 0 aliphatic carbocycles. The molecule has 0 bridgehead atoms. The topological polar surface area (TPSA) is 33.5 Å². The van der Waals surface area contributed by atoms with Crippen LogP contribution in [0.1, 0.15) is 84.5 Å². The quantitative estimate of drug-likeness (QED) is 0.142. The normalized spacial score (nSPS) is 13.6. The maximum Gasteiger partial charge on any atom is 0.135 e. The molecule has 10 aromatic rings. The van der Waals surface area contributed by atoms with Crippen LogP contribution in [0.3, 0.4) is 0 Å². The maximum absolute atomic E-state index is 9.78. The number of benzene rings is 8. The number of para-hydroxylation sites is 3. The fourth-order valence-corrected chi connectivity index (χ4v) is 9.46. The molecule has 3 heterocycles. The Hall–Kier alpha value is -7.20. The van der Waals surface area contributed by atoms with Gasteiger partial charge in [0.25, 0.3) is 0 Å². The molecule has 5 nitrogen and oxygen atoms in total. The van der Waals surface area contributed by atoms with Crippen LogP contribution in [0, 0.1) is 18.8 Å². The van der Waals surface area contributed by atoms with E-state index >= 15 is 0 Å². The molecule has 6 heteroatoms. The number of nitrogens with zero attached hydrogens (tertiary/aromatic N) is 4. The minimum absolute atomic E-state index is 0. The average molecular weight is 1120 g/mol. The fourth-order valence-electron chi connectivity index (χ4n) is 9.46. The zero-order chi connectivity index (χ0) is 52.7. The van der Waals surface area contributed by atoms with Gasteiger partial charge in [-0.15, -0.1) is 48.1 Å². The van der Waals surface area contributed by atoms with Gasteiger partial charge in [0.2, 0.25) is 0 Å². The zero-order valence-corrected chi connectivity index (χ0v) is 44.5. The fraction of sp³-hybridized carbons (Fsp3) is 0.182. The molecule has 0 saturated heterocycles. The molecular weight excluding hydrogens is 1060 g/mol. The maximum atomic E-state index is 9.78. The summed E-state index contributed by atoms with van der Waals surface area (Å²) < 4.78 is 47.4. The molecule has 11 rings (SSSR count). The van der Waals surface area contributed by atoms with E-state index in [0.717, 1.165) is 78.2 Å². The molecule has 8 aromatic carbocycles. The molecular formula is C66H59N4OPt-3. The number of fused-ring (bicyclic) bond motifs is 4. The molecule has 0 amide bonds. The summed E-state index contributed by atoms with van der Waals surface area (Å²) in [4.78, 5) is 9.18. The van der Waals surface area contributed by atoms with Crippen LogP contribution in [0.4, 0.5) is 22.7 Å². The predicted octanol–water partition coefficient (Wildman–Crippen LogP) is 17.9. The summed E-state index contributed by atoms with van der Waals surface area (Å²) >= 11 is 0. The van der Waals surface area contributed by atoms with E-state index < -0.39 is 0 Å². The molecule has 72 heavy (non-hydrogen) atoms. The van der Waals surface area contributed by atoms with Gasteiger partial charge in [0, 0.05) is 72.5 Å². The molecule has 0 saturated carbocycles. The molecule has 1 aliphatic rings. The van der Waals surface area contributed by atoms with Crippen LogP contribution < -0.4 is 14.5 Å². The Morgan fingerprint density at radius 2 is 1.11 bits per heavy atom. The van der Waals surface area contributed by atoms with Gasteiger partial charge in [0.05, 0.1) is 5.48 Å². The predicted molar refractivity (Wildman–Crippen MR) is 297 cm³/mol. The van der Waals surface area contributed by atoms with Crippen LogP contribution in [-0.4, -0.2) is 9.55 Å². The van der Waals surface area contributed by atoms with E-state index in [-0.39, 0.29) is 72.6 Å². The van der Waals surface area contributed by atoms with Crippen molar-refractivity contribution in [3.05, 3.63) is 224 Å². The van der Waals surface area contributed by atoms with Gasteiger partial charge < -0.3 is 19.1 Å². The smallest absolute Gasteiger partial charge is 0.135 e. The Morgan fingerprint density at radius 3 is 1.81 bits per heavy atom. The van der Waals surface area contributed by atoms with Gasteiger partial charge in [-0.3, -0.25) is 0 Å². The van der Waals surface area contributed by atoms with Gasteiger partial charge in [0.1, 0.15) is 5.82 Å². The van der Waals surface area contributed by atoms with Crippen molar-refractivity contribution in [3.63, 3.8) is 0 Å². The summed E-state index contributed by atoms with van der Waals surface area (Å²) in [5.41, 5.74) is 11.4. The number of ether oxygens (including phenoxy) is 1. The van der Waals surface area contributed by atoms with Crippen LogP contribution in [0.2, 0.25) is 0 Å². The number of hydrogen-bond donors (Lipinski definition) is 0. The second kappa shape index (κ2) is 18.8. The molecule has 0 fully saturated rings. The van der Waals surface area contributed by atoms with Gasteiger partial charge in [-0.2, -0.15) is 12.1 Å². The monoisotopic (exact) mass is 1120 g/mol. The van der Waals surface area contributed by atoms with E-state index in [4.69, 9.17) is 9.72 Å². The standard InChI is InChI=1S/C66H59N4O.Pt/c1-64(2,3)48-22-17-21-47(37-48)57-39-50(66(7,8)9)38-56(46-31-29-45(30-32-46)44-19-11-10-12-20-44)63(57)69-43-68(59-27-15-16-28-60(59)69)51-23-18-24-52(40-51)71-53-34-35-55-54-25-13-14-26-58(54)70(61(55)41-53)62-36-33-49(42-67-62)65(4,5)6;/h10-39,42-43H,1-9H3;/q-3;/i29D,30D,31D,32D;. The summed E-state index contributed by atoms with van der Waals surface area (Å²) in [7, 11) is 0. The number of aromatic nitrogens is 2. The molecule has 2 aromatic heterocycles. The summed E-state index contributed by atoms with van der Waals surface area (Å²) in [5, 5.41) is 2.14.